The maximum Gasteiger partial charge on any atom is 0.138 e. The summed E-state index contributed by atoms with van der Waals surface area (Å²) in [6.45, 7) is 5.12. The number of nitrogens with zero attached hydrogens (tertiary/aromatic N) is 3. The van der Waals surface area contributed by atoms with E-state index in [9.17, 15) is 0 Å². The van der Waals surface area contributed by atoms with Crippen LogP contribution in [0.1, 0.15) is 19.7 Å². The fraction of sp³-hybridized carbons (Fsp3) is 0.625. The van der Waals surface area contributed by atoms with Crippen molar-refractivity contribution < 1.29 is 0 Å². The molecule has 72 valence electrons. The maximum atomic E-state index is 5.43. The van der Waals surface area contributed by atoms with E-state index < -0.39 is 0 Å². The van der Waals surface area contributed by atoms with Gasteiger partial charge in [0.2, 0.25) is 0 Å². The fourth-order valence-corrected chi connectivity index (χ4v) is 1.21. The Morgan fingerprint density at radius 2 is 2.38 bits per heavy atom. The lowest BCUT2D eigenvalue weighted by Gasteiger charge is -2.07. The molecule has 0 radical (unpaired) electrons. The van der Waals surface area contributed by atoms with Gasteiger partial charge in [-0.25, -0.2) is 9.67 Å². The van der Waals surface area contributed by atoms with Gasteiger partial charge in [0.05, 0.1) is 11.4 Å². The van der Waals surface area contributed by atoms with Crippen LogP contribution in [-0.4, -0.2) is 19.8 Å². The Hall–Kier alpha value is -0.970. The SMILES string of the molecule is CC(C)Cn1ncnc1CC(N)=S. The zero-order valence-electron chi connectivity index (χ0n) is 7.90. The summed E-state index contributed by atoms with van der Waals surface area (Å²) in [5, 5.41) is 4.10. The van der Waals surface area contributed by atoms with E-state index in [0.717, 1.165) is 12.4 Å². The molecule has 0 aliphatic heterocycles. The van der Waals surface area contributed by atoms with Crippen LogP contribution in [0.3, 0.4) is 0 Å². The maximum absolute atomic E-state index is 5.43. The number of hydrogen-bond acceptors (Lipinski definition) is 3. The smallest absolute Gasteiger partial charge is 0.138 e. The van der Waals surface area contributed by atoms with Gasteiger partial charge in [0, 0.05) is 6.54 Å². The lowest BCUT2D eigenvalue weighted by atomic mass is 10.2. The molecule has 5 heteroatoms. The van der Waals surface area contributed by atoms with Gasteiger partial charge in [0.15, 0.2) is 0 Å². The molecule has 4 nitrogen and oxygen atoms in total. The van der Waals surface area contributed by atoms with Gasteiger partial charge in [0.1, 0.15) is 12.2 Å². The third kappa shape index (κ3) is 3.10. The Kier molecular flexibility index (Phi) is 3.36. The predicted molar refractivity (Wildman–Crippen MR) is 55.3 cm³/mol. The van der Waals surface area contributed by atoms with E-state index in [4.69, 9.17) is 18.0 Å². The summed E-state index contributed by atoms with van der Waals surface area (Å²) in [4.78, 5) is 4.55. The van der Waals surface area contributed by atoms with Crippen molar-refractivity contribution in [1.29, 1.82) is 0 Å². The second-order valence-corrected chi connectivity index (χ2v) is 3.92. The van der Waals surface area contributed by atoms with E-state index in [1.165, 1.54) is 6.33 Å². The van der Waals surface area contributed by atoms with Crippen LogP contribution in [0.4, 0.5) is 0 Å². The summed E-state index contributed by atoms with van der Waals surface area (Å²) >= 11 is 4.81. The lowest BCUT2D eigenvalue weighted by molar-refractivity contribution is 0.470. The fourth-order valence-electron chi connectivity index (χ4n) is 1.08. The molecule has 0 atom stereocenters. The Labute approximate surface area is 83.1 Å². The van der Waals surface area contributed by atoms with E-state index in [2.05, 4.69) is 23.9 Å². The van der Waals surface area contributed by atoms with Gasteiger partial charge in [-0.15, -0.1) is 0 Å². The molecule has 0 aromatic carbocycles. The number of hydrogen-bond donors (Lipinski definition) is 1. The van der Waals surface area contributed by atoms with E-state index in [-0.39, 0.29) is 0 Å². The van der Waals surface area contributed by atoms with Crippen LogP contribution in [0.5, 0.6) is 0 Å². The largest absolute Gasteiger partial charge is 0.393 e. The minimum atomic E-state index is 0.456. The molecule has 0 bridgehead atoms. The lowest BCUT2D eigenvalue weighted by Crippen LogP contribution is -2.17. The molecule has 1 heterocycles. The third-order valence-electron chi connectivity index (χ3n) is 1.57. The van der Waals surface area contributed by atoms with Crippen molar-refractivity contribution >= 4 is 17.2 Å². The summed E-state index contributed by atoms with van der Waals surface area (Å²) in [5.74, 6) is 1.40. The first-order valence-corrected chi connectivity index (χ1v) is 4.65. The Morgan fingerprint density at radius 1 is 1.69 bits per heavy atom. The number of thiocarbonyl (C=S) groups is 1. The Balaban J connectivity index is 2.71. The molecule has 0 saturated heterocycles. The molecular weight excluding hydrogens is 184 g/mol. The van der Waals surface area contributed by atoms with Crippen LogP contribution in [0.15, 0.2) is 6.33 Å². The standard InChI is InChI=1S/C8H14N4S/c1-6(2)4-12-8(3-7(9)13)10-5-11-12/h5-6H,3-4H2,1-2H3,(H2,9,13). The van der Waals surface area contributed by atoms with Crippen LogP contribution >= 0.6 is 12.2 Å². The van der Waals surface area contributed by atoms with E-state index in [1.807, 2.05) is 4.68 Å². The molecule has 0 aliphatic rings. The molecule has 0 fully saturated rings. The van der Waals surface area contributed by atoms with Crippen LogP contribution in [0.25, 0.3) is 0 Å². The third-order valence-corrected chi connectivity index (χ3v) is 1.71. The highest BCUT2D eigenvalue weighted by atomic mass is 32.1. The van der Waals surface area contributed by atoms with Crippen LogP contribution in [0.2, 0.25) is 0 Å². The second-order valence-electron chi connectivity index (χ2n) is 3.40. The van der Waals surface area contributed by atoms with E-state index in [1.54, 1.807) is 0 Å². The van der Waals surface area contributed by atoms with Crippen LogP contribution < -0.4 is 5.73 Å². The average molecular weight is 198 g/mol. The second kappa shape index (κ2) is 4.32. The van der Waals surface area contributed by atoms with Gasteiger partial charge >= 0.3 is 0 Å². The van der Waals surface area contributed by atoms with Crippen molar-refractivity contribution in [3.8, 4) is 0 Å². The van der Waals surface area contributed by atoms with Crippen molar-refractivity contribution in [2.75, 3.05) is 0 Å². The topological polar surface area (TPSA) is 56.7 Å². The van der Waals surface area contributed by atoms with Crippen molar-refractivity contribution in [3.05, 3.63) is 12.2 Å². The van der Waals surface area contributed by atoms with Crippen LogP contribution in [0, 0.1) is 5.92 Å². The zero-order chi connectivity index (χ0) is 9.84. The minimum absolute atomic E-state index is 0.456. The molecule has 0 saturated carbocycles. The summed E-state index contributed by atoms with van der Waals surface area (Å²) in [5.41, 5.74) is 5.43. The highest BCUT2D eigenvalue weighted by Gasteiger charge is 2.06. The zero-order valence-corrected chi connectivity index (χ0v) is 8.71. The first kappa shape index (κ1) is 10.1. The van der Waals surface area contributed by atoms with Crippen molar-refractivity contribution in [2.45, 2.75) is 26.8 Å². The van der Waals surface area contributed by atoms with Crippen LogP contribution in [-0.2, 0) is 13.0 Å². The molecule has 2 N–H and O–H groups in total. The quantitative estimate of drug-likeness (QED) is 0.726. The van der Waals surface area contributed by atoms with Gasteiger partial charge in [-0.05, 0) is 5.92 Å². The highest BCUT2D eigenvalue weighted by molar-refractivity contribution is 7.80. The van der Waals surface area contributed by atoms with Crippen molar-refractivity contribution in [3.63, 3.8) is 0 Å². The molecule has 13 heavy (non-hydrogen) atoms. The van der Waals surface area contributed by atoms with Gasteiger partial charge in [0.25, 0.3) is 0 Å². The number of rotatable bonds is 4. The van der Waals surface area contributed by atoms with Crippen molar-refractivity contribution in [1.82, 2.24) is 14.8 Å². The summed E-state index contributed by atoms with van der Waals surface area (Å²) < 4.78 is 1.85. The Morgan fingerprint density at radius 3 is 2.92 bits per heavy atom. The molecule has 0 unspecified atom stereocenters. The average Bonchev–Trinajstić information content (AvgIpc) is 2.34. The van der Waals surface area contributed by atoms with Gasteiger partial charge in [-0.3, -0.25) is 0 Å². The summed E-state index contributed by atoms with van der Waals surface area (Å²) in [6.07, 6.45) is 2.07. The molecule has 1 rings (SSSR count). The van der Waals surface area contributed by atoms with Gasteiger partial charge in [-0.1, -0.05) is 26.1 Å². The van der Waals surface area contributed by atoms with E-state index >= 15 is 0 Å². The summed E-state index contributed by atoms with van der Waals surface area (Å²) in [6, 6.07) is 0. The molecular formula is C8H14N4S. The highest BCUT2D eigenvalue weighted by Crippen LogP contribution is 2.01. The molecule has 1 aromatic heterocycles. The van der Waals surface area contributed by atoms with E-state index in [0.29, 0.717) is 17.3 Å². The molecule has 0 amide bonds. The van der Waals surface area contributed by atoms with Gasteiger partial charge < -0.3 is 5.73 Å². The van der Waals surface area contributed by atoms with Crippen molar-refractivity contribution in [2.24, 2.45) is 11.7 Å². The summed E-state index contributed by atoms with van der Waals surface area (Å²) in [7, 11) is 0. The normalized spacial score (nSPS) is 10.7. The first-order valence-electron chi connectivity index (χ1n) is 4.24. The number of aromatic nitrogens is 3. The molecule has 0 spiro atoms. The van der Waals surface area contributed by atoms with Gasteiger partial charge in [-0.2, -0.15) is 5.10 Å². The minimum Gasteiger partial charge on any atom is -0.393 e. The first-order chi connectivity index (χ1) is 6.09. The molecule has 0 aliphatic carbocycles. The number of nitrogens with two attached hydrogens (primary N) is 1. The Bertz CT molecular complexity index is 292. The molecule has 1 aromatic rings. The monoisotopic (exact) mass is 198 g/mol. The predicted octanol–water partition coefficient (Wildman–Crippen LogP) is 0.763.